The molecular formula is C26H41BO. The van der Waals surface area contributed by atoms with E-state index in [9.17, 15) is 5.11 Å². The average Bonchev–Trinajstić information content (AvgIpc) is 3.02. The van der Waals surface area contributed by atoms with Crippen molar-refractivity contribution in [1.82, 2.24) is 0 Å². The van der Waals surface area contributed by atoms with Crippen LogP contribution in [0.25, 0.3) is 0 Å². The van der Waals surface area contributed by atoms with E-state index in [-0.39, 0.29) is 0 Å². The van der Waals surface area contributed by atoms with Gasteiger partial charge in [0.1, 0.15) is 0 Å². The molecule has 2 radical (unpaired) electrons. The van der Waals surface area contributed by atoms with Crippen molar-refractivity contribution < 1.29 is 5.11 Å². The molecule has 154 valence electrons. The smallest absolute Gasteiger partial charge is 0.0703 e. The number of aliphatic hydroxyl groups is 1. The highest BCUT2D eigenvalue weighted by Gasteiger charge is 2.56. The Morgan fingerprint density at radius 3 is 2.64 bits per heavy atom. The Kier molecular flexibility index (Phi) is 5.91. The predicted octanol–water partition coefficient (Wildman–Crippen LogP) is 6.63. The lowest BCUT2D eigenvalue weighted by atomic mass is 9.46. The van der Waals surface area contributed by atoms with Crippen LogP contribution in [0.3, 0.4) is 0 Å². The molecular weight excluding hydrogens is 339 g/mol. The molecule has 0 spiro atoms. The van der Waals surface area contributed by atoms with Gasteiger partial charge in [0.2, 0.25) is 0 Å². The van der Waals surface area contributed by atoms with Crippen molar-refractivity contribution in [3.05, 3.63) is 23.3 Å². The minimum atomic E-state index is 0.338. The Morgan fingerprint density at radius 2 is 1.86 bits per heavy atom. The molecule has 4 rings (SSSR count). The third-order valence-electron chi connectivity index (χ3n) is 9.59. The first kappa shape index (κ1) is 20.8. The molecule has 1 nitrogen and oxygen atoms in total. The summed E-state index contributed by atoms with van der Waals surface area (Å²) >= 11 is 0. The van der Waals surface area contributed by atoms with Gasteiger partial charge < -0.3 is 5.11 Å². The van der Waals surface area contributed by atoms with Gasteiger partial charge >= 0.3 is 0 Å². The minimum absolute atomic E-state index is 0.338. The van der Waals surface area contributed by atoms with Gasteiger partial charge in [0.25, 0.3) is 0 Å². The maximum Gasteiger partial charge on any atom is 0.0703 e. The van der Waals surface area contributed by atoms with Gasteiger partial charge in [0, 0.05) is 6.61 Å². The number of fused-ring (bicyclic) bond motifs is 5. The fraction of sp³-hybridized carbons (Fsp3) is 0.846. The molecule has 0 aromatic heterocycles. The summed E-state index contributed by atoms with van der Waals surface area (Å²) in [5.41, 5.74) is 4.37. The van der Waals surface area contributed by atoms with Gasteiger partial charge in [-0.25, -0.2) is 0 Å². The van der Waals surface area contributed by atoms with Crippen LogP contribution in [0.1, 0.15) is 91.4 Å². The highest BCUT2D eigenvalue weighted by Crippen LogP contribution is 2.65. The second-order valence-corrected chi connectivity index (χ2v) is 11.2. The first-order chi connectivity index (χ1) is 13.4. The number of hydrogen-bond acceptors (Lipinski definition) is 1. The Labute approximate surface area is 174 Å². The van der Waals surface area contributed by atoms with E-state index in [0.29, 0.717) is 29.2 Å². The third-order valence-corrected chi connectivity index (χ3v) is 9.59. The summed E-state index contributed by atoms with van der Waals surface area (Å²) in [5.74, 6) is 3.49. The number of hydrogen-bond donors (Lipinski definition) is 1. The molecule has 1 N–H and O–H groups in total. The highest BCUT2D eigenvalue weighted by atomic mass is 16.3. The van der Waals surface area contributed by atoms with Crippen LogP contribution >= 0.6 is 0 Å². The van der Waals surface area contributed by atoms with Crippen LogP contribution in [-0.4, -0.2) is 19.6 Å². The van der Waals surface area contributed by atoms with Gasteiger partial charge in [-0.2, -0.15) is 0 Å². The highest BCUT2D eigenvalue weighted by molar-refractivity contribution is 6.11. The third kappa shape index (κ3) is 3.46. The van der Waals surface area contributed by atoms with Gasteiger partial charge in [-0.3, -0.25) is 0 Å². The summed E-state index contributed by atoms with van der Waals surface area (Å²) in [6.07, 6.45) is 19.4. The second kappa shape index (κ2) is 7.97. The first-order valence-electron chi connectivity index (χ1n) is 12.1. The van der Waals surface area contributed by atoms with Gasteiger partial charge in [-0.15, -0.1) is 0 Å². The Hall–Kier alpha value is -0.495. The van der Waals surface area contributed by atoms with Gasteiger partial charge in [0.15, 0.2) is 0 Å². The summed E-state index contributed by atoms with van der Waals surface area (Å²) in [4.78, 5) is 0. The molecule has 0 aliphatic heterocycles. The molecule has 4 aliphatic carbocycles. The molecule has 0 saturated heterocycles. The van der Waals surface area contributed by atoms with Crippen LogP contribution < -0.4 is 0 Å². The van der Waals surface area contributed by atoms with E-state index in [0.717, 1.165) is 24.2 Å². The molecule has 28 heavy (non-hydrogen) atoms. The van der Waals surface area contributed by atoms with E-state index in [4.69, 9.17) is 7.85 Å². The van der Waals surface area contributed by atoms with Crippen LogP contribution in [0.15, 0.2) is 23.3 Å². The Morgan fingerprint density at radius 1 is 1.07 bits per heavy atom. The molecule has 2 heteroatoms. The molecule has 7 atom stereocenters. The SMILES string of the molecule is [B]C1CCC2(C)C(=CCC3C4CC=C(CCCCC(C)CO)C4(C)CCC32)C1. The molecule has 0 aromatic rings. The molecule has 0 heterocycles. The van der Waals surface area contributed by atoms with Crippen molar-refractivity contribution in [3.63, 3.8) is 0 Å². The fourth-order valence-electron chi connectivity index (χ4n) is 7.63. The largest absolute Gasteiger partial charge is 0.396 e. The lowest BCUT2D eigenvalue weighted by molar-refractivity contribution is -0.0176. The van der Waals surface area contributed by atoms with Crippen molar-refractivity contribution >= 4 is 7.85 Å². The lowest BCUT2D eigenvalue weighted by Gasteiger charge is -2.58. The predicted molar refractivity (Wildman–Crippen MR) is 119 cm³/mol. The summed E-state index contributed by atoms with van der Waals surface area (Å²) in [6, 6.07) is 0. The number of unbranched alkanes of at least 4 members (excludes halogenated alkanes) is 1. The van der Waals surface area contributed by atoms with Gasteiger partial charge in [-0.05, 0) is 92.3 Å². The second-order valence-electron chi connectivity index (χ2n) is 11.2. The number of aliphatic hydroxyl groups excluding tert-OH is 1. The Balaban J connectivity index is 1.43. The maximum absolute atomic E-state index is 9.25. The maximum atomic E-state index is 9.25. The van der Waals surface area contributed by atoms with Crippen molar-refractivity contribution in [3.8, 4) is 0 Å². The lowest BCUT2D eigenvalue weighted by Crippen LogP contribution is -2.49. The van der Waals surface area contributed by atoms with E-state index in [1.807, 2.05) is 0 Å². The molecule has 0 aromatic carbocycles. The monoisotopic (exact) mass is 380 g/mol. The standard InChI is InChI=1S/C26H41BO/c1-18(17-28)6-4-5-7-19-9-11-23-22-10-8-20-16-21(27)12-14-26(20,3)24(22)13-15-25(19,23)2/h8-9,18,21-24,28H,4-7,10-17H2,1-3H3. The summed E-state index contributed by atoms with van der Waals surface area (Å²) < 4.78 is 0. The fourth-order valence-corrected chi connectivity index (χ4v) is 7.63. The Bertz CT molecular complexity index is 636. The van der Waals surface area contributed by atoms with E-state index in [1.54, 1.807) is 11.1 Å². The van der Waals surface area contributed by atoms with Gasteiger partial charge in [-0.1, -0.05) is 62.7 Å². The van der Waals surface area contributed by atoms with Crippen molar-refractivity contribution in [2.45, 2.75) is 97.2 Å². The average molecular weight is 380 g/mol. The number of rotatable bonds is 6. The zero-order chi connectivity index (χ0) is 19.9. The number of allylic oxidation sites excluding steroid dienone is 4. The van der Waals surface area contributed by atoms with E-state index < -0.39 is 0 Å². The molecule has 2 saturated carbocycles. The molecule has 7 unspecified atom stereocenters. The molecule has 2 fully saturated rings. The first-order valence-corrected chi connectivity index (χ1v) is 12.1. The van der Waals surface area contributed by atoms with Crippen LogP contribution in [0.4, 0.5) is 0 Å². The van der Waals surface area contributed by atoms with Crippen LogP contribution in [-0.2, 0) is 0 Å². The van der Waals surface area contributed by atoms with Crippen LogP contribution in [0.2, 0.25) is 5.82 Å². The quantitative estimate of drug-likeness (QED) is 0.311. The topological polar surface area (TPSA) is 20.2 Å². The van der Waals surface area contributed by atoms with Crippen LogP contribution in [0.5, 0.6) is 0 Å². The summed E-state index contributed by atoms with van der Waals surface area (Å²) in [7, 11) is 6.32. The summed E-state index contributed by atoms with van der Waals surface area (Å²) in [6.45, 7) is 7.68. The molecule has 4 aliphatic rings. The van der Waals surface area contributed by atoms with Crippen molar-refractivity contribution in [1.29, 1.82) is 0 Å². The van der Waals surface area contributed by atoms with E-state index >= 15 is 0 Å². The zero-order valence-electron chi connectivity index (χ0n) is 18.6. The van der Waals surface area contributed by atoms with Crippen molar-refractivity contribution in [2.24, 2.45) is 34.5 Å². The minimum Gasteiger partial charge on any atom is -0.396 e. The normalized spacial score (nSPS) is 43.4. The molecule has 0 amide bonds. The van der Waals surface area contributed by atoms with Gasteiger partial charge in [0.05, 0.1) is 7.85 Å². The van der Waals surface area contributed by atoms with E-state index in [2.05, 4.69) is 32.9 Å². The van der Waals surface area contributed by atoms with Crippen LogP contribution in [0, 0.1) is 34.5 Å². The van der Waals surface area contributed by atoms with Crippen molar-refractivity contribution in [2.75, 3.05) is 6.61 Å². The molecule has 0 bridgehead atoms. The zero-order valence-corrected chi connectivity index (χ0v) is 18.6. The van der Waals surface area contributed by atoms with E-state index in [1.165, 1.54) is 64.2 Å². The summed E-state index contributed by atoms with van der Waals surface area (Å²) in [5, 5.41) is 9.25.